The van der Waals surface area contributed by atoms with E-state index in [9.17, 15) is 4.79 Å². The molecule has 0 aliphatic carbocycles. The van der Waals surface area contributed by atoms with Crippen molar-refractivity contribution in [3.8, 4) is 11.5 Å². The van der Waals surface area contributed by atoms with Crippen LogP contribution in [0.25, 0.3) is 0 Å². The van der Waals surface area contributed by atoms with Crippen molar-refractivity contribution in [1.29, 1.82) is 0 Å². The fourth-order valence-electron chi connectivity index (χ4n) is 3.22. The predicted octanol–water partition coefficient (Wildman–Crippen LogP) is 4.25. The van der Waals surface area contributed by atoms with Crippen molar-refractivity contribution in [3.63, 3.8) is 0 Å². The summed E-state index contributed by atoms with van der Waals surface area (Å²) in [5, 5.41) is 7.55. The molecule has 1 N–H and O–H groups in total. The summed E-state index contributed by atoms with van der Waals surface area (Å²) in [5.41, 5.74) is 3.32. The van der Waals surface area contributed by atoms with Crippen LogP contribution >= 0.6 is 11.3 Å². The maximum Gasteiger partial charge on any atom is 0.262 e. The van der Waals surface area contributed by atoms with Crippen LogP contribution < -0.4 is 19.7 Å². The zero-order chi connectivity index (χ0) is 16.8. The number of anilines is 2. The van der Waals surface area contributed by atoms with E-state index in [0.29, 0.717) is 17.1 Å². The number of nitrogens with zero attached hydrogens (tertiary/aromatic N) is 1. The van der Waals surface area contributed by atoms with Gasteiger partial charge in [0, 0.05) is 17.3 Å². The third kappa shape index (κ3) is 2.26. The van der Waals surface area contributed by atoms with Crippen LogP contribution in [-0.2, 0) is 0 Å². The summed E-state index contributed by atoms with van der Waals surface area (Å²) in [7, 11) is 0. The zero-order valence-electron chi connectivity index (χ0n) is 13.1. The van der Waals surface area contributed by atoms with Gasteiger partial charge in [0.2, 0.25) is 6.79 Å². The lowest BCUT2D eigenvalue weighted by Gasteiger charge is -2.37. The summed E-state index contributed by atoms with van der Waals surface area (Å²) in [4.78, 5) is 15.0. The van der Waals surface area contributed by atoms with Crippen LogP contribution in [0.3, 0.4) is 0 Å². The molecule has 0 saturated carbocycles. The van der Waals surface area contributed by atoms with E-state index >= 15 is 0 Å². The first-order chi connectivity index (χ1) is 12.3. The van der Waals surface area contributed by atoms with E-state index in [1.807, 2.05) is 53.9 Å². The molecular weight excluding hydrogens is 336 g/mol. The van der Waals surface area contributed by atoms with Gasteiger partial charge in [0.25, 0.3) is 5.91 Å². The minimum atomic E-state index is -0.269. The Morgan fingerprint density at radius 2 is 1.96 bits per heavy atom. The third-order valence-electron chi connectivity index (χ3n) is 4.42. The predicted molar refractivity (Wildman–Crippen MR) is 96.5 cm³/mol. The molecule has 0 radical (unpaired) electrons. The Morgan fingerprint density at radius 1 is 1.08 bits per heavy atom. The van der Waals surface area contributed by atoms with Crippen LogP contribution in [0.5, 0.6) is 11.5 Å². The van der Waals surface area contributed by atoms with E-state index < -0.39 is 0 Å². The van der Waals surface area contributed by atoms with Crippen LogP contribution in [0.2, 0.25) is 0 Å². The fraction of sp³-hybridized carbons (Fsp3) is 0.105. The average molecular weight is 350 g/mol. The van der Waals surface area contributed by atoms with Gasteiger partial charge >= 0.3 is 0 Å². The number of ether oxygens (including phenoxy) is 2. The van der Waals surface area contributed by atoms with Gasteiger partial charge in [-0.1, -0.05) is 12.1 Å². The Morgan fingerprint density at radius 3 is 2.84 bits per heavy atom. The molecule has 3 heterocycles. The molecule has 1 amide bonds. The first-order valence-electron chi connectivity index (χ1n) is 7.92. The summed E-state index contributed by atoms with van der Waals surface area (Å²) in [6, 6.07) is 15.2. The highest BCUT2D eigenvalue weighted by molar-refractivity contribution is 7.08. The molecule has 0 fully saturated rings. The number of hydrogen-bond acceptors (Lipinski definition) is 5. The lowest BCUT2D eigenvalue weighted by molar-refractivity contribution is 0.0975. The highest BCUT2D eigenvalue weighted by atomic mass is 32.1. The van der Waals surface area contributed by atoms with Gasteiger partial charge in [-0.15, -0.1) is 0 Å². The van der Waals surface area contributed by atoms with Gasteiger partial charge in [-0.3, -0.25) is 9.69 Å². The standard InChI is InChI=1S/C19H14N2O3S/c22-19-14-3-1-2-4-15(14)20-18(12-7-8-25-10-12)21(19)13-5-6-16-17(9-13)24-11-23-16/h1-10,18,20H,11H2. The lowest BCUT2D eigenvalue weighted by Crippen LogP contribution is -2.43. The third-order valence-corrected chi connectivity index (χ3v) is 5.12. The fourth-order valence-corrected chi connectivity index (χ4v) is 3.90. The second-order valence-corrected chi connectivity index (χ2v) is 6.64. The minimum absolute atomic E-state index is 0.0376. The molecule has 1 unspecified atom stereocenters. The van der Waals surface area contributed by atoms with Crippen LogP contribution in [-0.4, -0.2) is 12.7 Å². The number of para-hydroxylation sites is 1. The molecule has 0 saturated heterocycles. The number of carbonyl (C=O) groups excluding carboxylic acids is 1. The number of rotatable bonds is 2. The van der Waals surface area contributed by atoms with E-state index in [2.05, 4.69) is 10.7 Å². The molecule has 2 aliphatic heterocycles. The van der Waals surface area contributed by atoms with Crippen molar-refractivity contribution in [3.05, 3.63) is 70.4 Å². The zero-order valence-corrected chi connectivity index (χ0v) is 14.0. The highest BCUT2D eigenvalue weighted by Gasteiger charge is 2.34. The van der Waals surface area contributed by atoms with Crippen molar-refractivity contribution in [2.24, 2.45) is 0 Å². The molecule has 6 heteroatoms. The molecular formula is C19H14N2O3S. The topological polar surface area (TPSA) is 50.8 Å². The summed E-state index contributed by atoms with van der Waals surface area (Å²) < 4.78 is 10.9. The lowest BCUT2D eigenvalue weighted by atomic mass is 10.0. The van der Waals surface area contributed by atoms with Gasteiger partial charge in [-0.2, -0.15) is 11.3 Å². The van der Waals surface area contributed by atoms with E-state index in [1.165, 1.54) is 0 Å². The second-order valence-electron chi connectivity index (χ2n) is 5.86. The molecule has 2 aliphatic rings. The summed E-state index contributed by atoms with van der Waals surface area (Å²) in [6.45, 7) is 0.210. The Hall–Kier alpha value is -2.99. The number of amides is 1. The van der Waals surface area contributed by atoms with E-state index in [-0.39, 0.29) is 18.9 Å². The van der Waals surface area contributed by atoms with Crippen molar-refractivity contribution in [1.82, 2.24) is 0 Å². The van der Waals surface area contributed by atoms with Crippen LogP contribution in [0.1, 0.15) is 22.1 Å². The Labute approximate surface area is 148 Å². The Kier molecular flexibility index (Phi) is 3.18. The largest absolute Gasteiger partial charge is 0.454 e. The second kappa shape index (κ2) is 5.53. The first kappa shape index (κ1) is 14.4. The molecule has 0 bridgehead atoms. The van der Waals surface area contributed by atoms with E-state index in [4.69, 9.17) is 9.47 Å². The average Bonchev–Trinajstić information content (AvgIpc) is 3.33. The van der Waals surface area contributed by atoms with Crippen molar-refractivity contribution in [2.45, 2.75) is 6.17 Å². The molecule has 3 aromatic rings. The van der Waals surface area contributed by atoms with Gasteiger partial charge in [-0.05, 0) is 41.1 Å². The smallest absolute Gasteiger partial charge is 0.262 e. The van der Waals surface area contributed by atoms with E-state index in [1.54, 1.807) is 16.2 Å². The Bertz CT molecular complexity index is 955. The number of carbonyl (C=O) groups is 1. The van der Waals surface area contributed by atoms with Crippen molar-refractivity contribution in [2.75, 3.05) is 17.0 Å². The van der Waals surface area contributed by atoms with Crippen molar-refractivity contribution >= 4 is 28.6 Å². The first-order valence-corrected chi connectivity index (χ1v) is 8.86. The number of fused-ring (bicyclic) bond motifs is 2. The van der Waals surface area contributed by atoms with Gasteiger partial charge in [0.15, 0.2) is 11.5 Å². The summed E-state index contributed by atoms with van der Waals surface area (Å²) >= 11 is 1.61. The molecule has 1 aromatic heterocycles. The SMILES string of the molecule is O=C1c2ccccc2NC(c2ccsc2)N1c1ccc2c(c1)OCO2. The number of hydrogen-bond donors (Lipinski definition) is 1. The number of thiophene rings is 1. The highest BCUT2D eigenvalue weighted by Crippen LogP contribution is 2.41. The number of nitrogens with one attached hydrogen (secondary N) is 1. The molecule has 124 valence electrons. The molecule has 5 rings (SSSR count). The Balaban J connectivity index is 1.65. The van der Waals surface area contributed by atoms with Gasteiger partial charge in [-0.25, -0.2) is 0 Å². The molecule has 5 nitrogen and oxygen atoms in total. The van der Waals surface area contributed by atoms with Gasteiger partial charge in [0.05, 0.1) is 11.3 Å². The van der Waals surface area contributed by atoms with Crippen LogP contribution in [0.4, 0.5) is 11.4 Å². The summed E-state index contributed by atoms with van der Waals surface area (Å²) in [6.07, 6.45) is -0.269. The molecule has 25 heavy (non-hydrogen) atoms. The monoisotopic (exact) mass is 350 g/mol. The van der Waals surface area contributed by atoms with E-state index in [0.717, 1.165) is 16.9 Å². The normalized spacial score (nSPS) is 18.0. The maximum atomic E-state index is 13.2. The van der Waals surface area contributed by atoms with Gasteiger partial charge < -0.3 is 14.8 Å². The molecule has 0 spiro atoms. The quantitative estimate of drug-likeness (QED) is 0.751. The maximum absolute atomic E-state index is 13.2. The van der Waals surface area contributed by atoms with Crippen LogP contribution in [0, 0.1) is 0 Å². The molecule has 2 aromatic carbocycles. The minimum Gasteiger partial charge on any atom is -0.454 e. The molecule has 1 atom stereocenters. The summed E-state index contributed by atoms with van der Waals surface area (Å²) in [5.74, 6) is 1.33. The van der Waals surface area contributed by atoms with Crippen LogP contribution in [0.15, 0.2) is 59.3 Å². The number of benzene rings is 2. The van der Waals surface area contributed by atoms with Crippen molar-refractivity contribution < 1.29 is 14.3 Å². The van der Waals surface area contributed by atoms with Gasteiger partial charge in [0.1, 0.15) is 6.17 Å².